The number of aliphatic imine (C=N–C) groups is 1. The fourth-order valence-electron chi connectivity index (χ4n) is 1.43. The number of hydrogen-bond acceptors (Lipinski definition) is 2. The molecule has 0 aromatic heterocycles. The molecule has 0 saturated carbocycles. The van der Waals surface area contributed by atoms with Crippen LogP contribution in [0.5, 0.6) is 0 Å². The van der Waals surface area contributed by atoms with E-state index in [9.17, 15) is 0 Å². The first kappa shape index (κ1) is 12.5. The van der Waals surface area contributed by atoms with Crippen LogP contribution in [0.2, 0.25) is 0 Å². The third-order valence-corrected chi connectivity index (χ3v) is 2.43. The van der Waals surface area contributed by atoms with Crippen LogP contribution in [0.4, 0.5) is 0 Å². The number of benzene rings is 1. The van der Waals surface area contributed by atoms with Crippen molar-refractivity contribution in [2.24, 2.45) is 16.5 Å². The van der Waals surface area contributed by atoms with Crippen molar-refractivity contribution in [1.82, 2.24) is 4.90 Å². The Bertz CT molecular complexity index is 356. The van der Waals surface area contributed by atoms with Gasteiger partial charge in [0.05, 0.1) is 6.54 Å². The van der Waals surface area contributed by atoms with E-state index >= 15 is 0 Å². The average molecular weight is 220 g/mol. The molecule has 4 heteroatoms. The Morgan fingerprint density at radius 1 is 1.31 bits per heavy atom. The van der Waals surface area contributed by atoms with Gasteiger partial charge >= 0.3 is 0 Å². The fraction of sp³-hybridized carbons (Fsp3) is 0.417. The van der Waals surface area contributed by atoms with E-state index in [0.29, 0.717) is 6.54 Å². The summed E-state index contributed by atoms with van der Waals surface area (Å²) in [5.74, 6) is 0.135. The van der Waals surface area contributed by atoms with Gasteiger partial charge in [-0.05, 0) is 24.7 Å². The van der Waals surface area contributed by atoms with E-state index in [1.165, 1.54) is 5.56 Å². The van der Waals surface area contributed by atoms with Gasteiger partial charge in [0.25, 0.3) is 0 Å². The molecule has 88 valence electrons. The predicted octanol–water partition coefficient (Wildman–Crippen LogP) is 0.912. The molecule has 0 fully saturated rings. The zero-order chi connectivity index (χ0) is 12.0. The quantitative estimate of drug-likeness (QED) is 0.572. The molecule has 4 nitrogen and oxygen atoms in total. The maximum atomic E-state index is 5.30. The minimum absolute atomic E-state index is 0.135. The van der Waals surface area contributed by atoms with Gasteiger partial charge in [0.2, 0.25) is 0 Å². The van der Waals surface area contributed by atoms with Crippen LogP contribution in [0.25, 0.3) is 0 Å². The second kappa shape index (κ2) is 6.12. The number of nitrogens with zero attached hydrogens (tertiary/aromatic N) is 2. The molecular formula is C12H20N4. The first-order chi connectivity index (χ1) is 7.61. The molecule has 0 aliphatic heterocycles. The first-order valence-electron chi connectivity index (χ1n) is 5.43. The van der Waals surface area contributed by atoms with Crippen LogP contribution in [-0.2, 0) is 13.1 Å². The summed E-state index contributed by atoms with van der Waals surface area (Å²) < 4.78 is 0. The molecule has 16 heavy (non-hydrogen) atoms. The van der Waals surface area contributed by atoms with Crippen molar-refractivity contribution >= 4 is 5.96 Å². The van der Waals surface area contributed by atoms with Crippen LogP contribution < -0.4 is 11.5 Å². The summed E-state index contributed by atoms with van der Waals surface area (Å²) in [5.41, 5.74) is 13.0. The molecule has 1 aromatic rings. The number of hydrogen-bond donors (Lipinski definition) is 2. The highest BCUT2D eigenvalue weighted by Crippen LogP contribution is 2.08. The van der Waals surface area contributed by atoms with Gasteiger partial charge < -0.3 is 16.4 Å². The second-order valence-corrected chi connectivity index (χ2v) is 3.89. The van der Waals surface area contributed by atoms with E-state index in [-0.39, 0.29) is 5.96 Å². The summed E-state index contributed by atoms with van der Waals surface area (Å²) in [5, 5.41) is 0. The first-order valence-corrected chi connectivity index (χ1v) is 5.43. The van der Waals surface area contributed by atoms with Crippen molar-refractivity contribution < 1.29 is 0 Å². The summed E-state index contributed by atoms with van der Waals surface area (Å²) in [6, 6.07) is 8.32. The third-order valence-electron chi connectivity index (χ3n) is 2.43. The summed E-state index contributed by atoms with van der Waals surface area (Å²) in [6.45, 7) is 4.68. The Balaban J connectivity index is 2.67. The minimum atomic E-state index is 0.135. The minimum Gasteiger partial charge on any atom is -0.370 e. The number of nitrogens with two attached hydrogens (primary N) is 2. The van der Waals surface area contributed by atoms with Crippen molar-refractivity contribution in [3.63, 3.8) is 0 Å². The van der Waals surface area contributed by atoms with Gasteiger partial charge in [-0.3, -0.25) is 0 Å². The highest BCUT2D eigenvalue weighted by molar-refractivity contribution is 5.75. The van der Waals surface area contributed by atoms with Crippen molar-refractivity contribution in [2.45, 2.75) is 20.0 Å². The van der Waals surface area contributed by atoms with Gasteiger partial charge in [-0.1, -0.05) is 31.2 Å². The van der Waals surface area contributed by atoms with Gasteiger partial charge in [0.15, 0.2) is 5.96 Å². The third kappa shape index (κ3) is 4.31. The lowest BCUT2D eigenvalue weighted by Crippen LogP contribution is -2.22. The van der Waals surface area contributed by atoms with Crippen LogP contribution in [0, 0.1) is 0 Å². The number of guanidine groups is 1. The van der Waals surface area contributed by atoms with Crippen molar-refractivity contribution in [3.8, 4) is 0 Å². The molecule has 0 aliphatic rings. The van der Waals surface area contributed by atoms with Gasteiger partial charge in [-0.25, -0.2) is 4.99 Å². The van der Waals surface area contributed by atoms with Crippen LogP contribution in [-0.4, -0.2) is 24.5 Å². The largest absolute Gasteiger partial charge is 0.370 e. The molecule has 1 aromatic carbocycles. The molecule has 0 radical (unpaired) electrons. The maximum absolute atomic E-state index is 5.30. The lowest BCUT2D eigenvalue weighted by molar-refractivity contribution is 0.345. The summed E-state index contributed by atoms with van der Waals surface area (Å²) in [4.78, 5) is 6.24. The predicted molar refractivity (Wildman–Crippen MR) is 68.0 cm³/mol. The van der Waals surface area contributed by atoms with Crippen molar-refractivity contribution in [1.29, 1.82) is 0 Å². The van der Waals surface area contributed by atoms with Gasteiger partial charge in [-0.2, -0.15) is 0 Å². The van der Waals surface area contributed by atoms with Crippen LogP contribution >= 0.6 is 0 Å². The van der Waals surface area contributed by atoms with E-state index in [0.717, 1.165) is 18.7 Å². The van der Waals surface area contributed by atoms with Gasteiger partial charge in [0, 0.05) is 6.54 Å². The van der Waals surface area contributed by atoms with E-state index < -0.39 is 0 Å². The highest BCUT2D eigenvalue weighted by Gasteiger charge is 1.99. The van der Waals surface area contributed by atoms with Gasteiger partial charge in [-0.15, -0.1) is 0 Å². The molecule has 1 rings (SSSR count). The molecule has 0 unspecified atom stereocenters. The second-order valence-electron chi connectivity index (χ2n) is 3.89. The van der Waals surface area contributed by atoms with Crippen molar-refractivity contribution in [3.05, 3.63) is 35.4 Å². The maximum Gasteiger partial charge on any atom is 0.186 e. The monoisotopic (exact) mass is 220 g/mol. The van der Waals surface area contributed by atoms with E-state index in [4.69, 9.17) is 11.5 Å². The molecule has 0 bridgehead atoms. The van der Waals surface area contributed by atoms with E-state index in [2.05, 4.69) is 36.0 Å². The lowest BCUT2D eigenvalue weighted by Gasteiger charge is -2.14. The van der Waals surface area contributed by atoms with E-state index in [1.54, 1.807) is 0 Å². The topological polar surface area (TPSA) is 67.6 Å². The molecule has 0 saturated heterocycles. The Kier molecular flexibility index (Phi) is 4.79. The zero-order valence-corrected chi connectivity index (χ0v) is 9.98. The summed E-state index contributed by atoms with van der Waals surface area (Å²) in [6.07, 6.45) is 0. The Hall–Kier alpha value is -1.55. The lowest BCUT2D eigenvalue weighted by atomic mass is 10.1. The van der Waals surface area contributed by atoms with E-state index in [1.807, 2.05) is 12.1 Å². The normalized spacial score (nSPS) is 10.4. The molecular weight excluding hydrogens is 200 g/mol. The SMILES string of the molecule is CCN(C)Cc1cccc(CN=C(N)N)c1. The molecule has 0 amide bonds. The highest BCUT2D eigenvalue weighted by atomic mass is 15.1. The Morgan fingerprint density at radius 2 is 2.00 bits per heavy atom. The Labute approximate surface area is 97.0 Å². The standard InChI is InChI=1S/C12H20N4/c1-3-16(2)9-11-6-4-5-10(7-11)8-15-12(13)14/h4-7H,3,8-9H2,1-2H3,(H4,13,14,15). The summed E-state index contributed by atoms with van der Waals surface area (Å²) in [7, 11) is 2.10. The van der Waals surface area contributed by atoms with Crippen LogP contribution in [0.3, 0.4) is 0 Å². The molecule has 4 N–H and O–H groups in total. The Morgan fingerprint density at radius 3 is 2.62 bits per heavy atom. The zero-order valence-electron chi connectivity index (χ0n) is 9.98. The summed E-state index contributed by atoms with van der Waals surface area (Å²) >= 11 is 0. The fourth-order valence-corrected chi connectivity index (χ4v) is 1.43. The van der Waals surface area contributed by atoms with Gasteiger partial charge in [0.1, 0.15) is 0 Å². The van der Waals surface area contributed by atoms with Crippen LogP contribution in [0.1, 0.15) is 18.1 Å². The molecule has 0 aliphatic carbocycles. The average Bonchev–Trinajstić information content (AvgIpc) is 2.26. The molecule has 0 atom stereocenters. The molecule has 0 spiro atoms. The number of rotatable bonds is 5. The molecule has 0 heterocycles. The smallest absolute Gasteiger partial charge is 0.186 e. The van der Waals surface area contributed by atoms with Crippen molar-refractivity contribution in [2.75, 3.05) is 13.6 Å². The van der Waals surface area contributed by atoms with Crippen LogP contribution in [0.15, 0.2) is 29.3 Å².